The summed E-state index contributed by atoms with van der Waals surface area (Å²) in [6.45, 7) is 2.01. The number of hydrogen-bond donors (Lipinski definition) is 2. The second kappa shape index (κ2) is 15.5. The molecule has 0 aromatic carbocycles. The Kier molecular flexibility index (Phi) is 15.3. The van der Waals surface area contributed by atoms with Crippen molar-refractivity contribution in [3.63, 3.8) is 0 Å². The maximum atomic E-state index is 11.5. The van der Waals surface area contributed by atoms with Crippen molar-refractivity contribution in [2.75, 3.05) is 6.54 Å². The standard InChI is InChI=1S/C16H32NO4P/c1-2-3-4-5-6-7-8-9-10-11-12-13-15(18)16(19)14-17-22(20)21/h16,19H,2-14H2,1H3,(H,17,20,21). The third-order valence-corrected chi connectivity index (χ3v) is 4.25. The number of Topliss-reactive ketones (excluding diaryl/α,β-unsaturated/α-hetero) is 1. The fourth-order valence-corrected chi connectivity index (χ4v) is 2.73. The Balaban J connectivity index is 3.31. The van der Waals surface area contributed by atoms with E-state index in [4.69, 9.17) is 0 Å². The van der Waals surface area contributed by atoms with Crippen molar-refractivity contribution < 1.29 is 19.4 Å². The molecule has 0 spiro atoms. The molecule has 6 heteroatoms. The van der Waals surface area contributed by atoms with Crippen LogP contribution in [0.5, 0.6) is 0 Å². The van der Waals surface area contributed by atoms with Crippen LogP contribution in [0, 0.1) is 0 Å². The molecule has 2 N–H and O–H groups in total. The molecular weight excluding hydrogens is 301 g/mol. The number of ketones is 1. The van der Waals surface area contributed by atoms with Crippen molar-refractivity contribution in [3.05, 3.63) is 0 Å². The van der Waals surface area contributed by atoms with Crippen molar-refractivity contribution in [3.8, 4) is 0 Å². The highest BCUT2D eigenvalue weighted by molar-refractivity contribution is 7.33. The summed E-state index contributed by atoms with van der Waals surface area (Å²) in [7, 11) is -2.75. The topological polar surface area (TPSA) is 89.5 Å². The van der Waals surface area contributed by atoms with Gasteiger partial charge < -0.3 is 10.00 Å². The molecule has 0 saturated carbocycles. The van der Waals surface area contributed by atoms with E-state index in [9.17, 15) is 19.4 Å². The molecule has 0 aliphatic heterocycles. The number of carbonyl (C=O) groups excluding carboxylic acids is 1. The largest absolute Gasteiger partial charge is 0.578 e. The highest BCUT2D eigenvalue weighted by Crippen LogP contribution is 2.12. The highest BCUT2D eigenvalue weighted by atomic mass is 31.1. The summed E-state index contributed by atoms with van der Waals surface area (Å²) < 4.78 is 10.3. The van der Waals surface area contributed by atoms with E-state index in [2.05, 4.69) is 12.0 Å². The SMILES string of the molecule is CCCCCCCCCCCCCC(=O)C(O)CN[P+](=O)[O-]. The normalized spacial score (nSPS) is 13.1. The van der Waals surface area contributed by atoms with Crippen LogP contribution in [-0.2, 0) is 9.36 Å². The lowest BCUT2D eigenvalue weighted by Gasteiger charge is -2.07. The van der Waals surface area contributed by atoms with Gasteiger partial charge in [-0.25, -0.2) is 0 Å². The fraction of sp³-hybridized carbons (Fsp3) is 0.938. The van der Waals surface area contributed by atoms with Gasteiger partial charge in [-0.1, -0.05) is 75.7 Å². The van der Waals surface area contributed by atoms with Crippen molar-refractivity contribution in [2.45, 2.75) is 90.1 Å². The van der Waals surface area contributed by atoms with E-state index in [0.29, 0.717) is 6.42 Å². The number of rotatable bonds is 16. The van der Waals surface area contributed by atoms with Gasteiger partial charge in [-0.15, -0.1) is 5.09 Å². The van der Waals surface area contributed by atoms with E-state index in [1.54, 1.807) is 0 Å². The van der Waals surface area contributed by atoms with Gasteiger partial charge in [0.2, 0.25) is 0 Å². The van der Waals surface area contributed by atoms with Crippen LogP contribution in [-0.4, -0.2) is 23.5 Å². The summed E-state index contributed by atoms with van der Waals surface area (Å²) in [5, 5.41) is 11.5. The number of hydrogen-bond acceptors (Lipinski definition) is 4. The molecule has 0 bridgehead atoms. The van der Waals surface area contributed by atoms with Gasteiger partial charge >= 0.3 is 8.18 Å². The van der Waals surface area contributed by atoms with Crippen molar-refractivity contribution >= 4 is 14.0 Å². The lowest BCUT2D eigenvalue weighted by molar-refractivity contribution is -0.167. The molecule has 2 atom stereocenters. The van der Waals surface area contributed by atoms with Gasteiger partial charge in [0.15, 0.2) is 5.78 Å². The Labute approximate surface area is 135 Å². The van der Waals surface area contributed by atoms with E-state index in [1.165, 1.54) is 51.4 Å². The van der Waals surface area contributed by atoms with Crippen LogP contribution in [0.3, 0.4) is 0 Å². The second-order valence-corrected chi connectivity index (χ2v) is 6.72. The zero-order chi connectivity index (χ0) is 16.6. The quantitative estimate of drug-likeness (QED) is 0.334. The minimum absolute atomic E-state index is 0.213. The smallest absolute Gasteiger partial charge is 0.408 e. The van der Waals surface area contributed by atoms with Crippen LogP contribution < -0.4 is 9.98 Å². The molecule has 5 nitrogen and oxygen atoms in total. The lowest BCUT2D eigenvalue weighted by Crippen LogP contribution is -2.31. The summed E-state index contributed by atoms with van der Waals surface area (Å²) in [5.74, 6) is -0.278. The lowest BCUT2D eigenvalue weighted by atomic mass is 10.0. The average molecular weight is 333 g/mol. The van der Waals surface area contributed by atoms with Crippen LogP contribution >= 0.6 is 8.18 Å². The molecule has 0 fully saturated rings. The van der Waals surface area contributed by atoms with Gasteiger partial charge in [0.05, 0.1) is 6.54 Å². The van der Waals surface area contributed by atoms with Gasteiger partial charge in [0.25, 0.3) is 0 Å². The van der Waals surface area contributed by atoms with Crippen molar-refractivity contribution in [1.29, 1.82) is 0 Å². The van der Waals surface area contributed by atoms with Gasteiger partial charge in [0.1, 0.15) is 6.10 Å². The number of carbonyl (C=O) groups is 1. The molecule has 0 aromatic rings. The summed E-state index contributed by atoms with van der Waals surface area (Å²) in [6, 6.07) is 0. The van der Waals surface area contributed by atoms with E-state index in [0.717, 1.165) is 19.3 Å². The Morgan fingerprint density at radius 1 is 1.00 bits per heavy atom. The van der Waals surface area contributed by atoms with E-state index in [1.807, 2.05) is 0 Å². The van der Waals surface area contributed by atoms with Crippen molar-refractivity contribution in [2.24, 2.45) is 0 Å². The van der Waals surface area contributed by atoms with Gasteiger partial charge in [-0.2, -0.15) is 0 Å². The Morgan fingerprint density at radius 2 is 1.45 bits per heavy atom. The maximum Gasteiger partial charge on any atom is 0.408 e. The minimum atomic E-state index is -2.75. The van der Waals surface area contributed by atoms with Gasteiger partial charge in [-0.05, 0) is 6.42 Å². The van der Waals surface area contributed by atoms with E-state index < -0.39 is 14.3 Å². The molecule has 0 aliphatic carbocycles. The molecule has 0 aliphatic rings. The summed E-state index contributed by atoms with van der Waals surface area (Å²) in [5.41, 5.74) is 0. The fourth-order valence-electron chi connectivity index (χ4n) is 2.40. The minimum Gasteiger partial charge on any atom is -0.578 e. The number of aliphatic hydroxyl groups is 1. The van der Waals surface area contributed by atoms with Crippen LogP contribution in [0.2, 0.25) is 0 Å². The molecule has 0 amide bonds. The molecular formula is C16H32NO4P. The van der Waals surface area contributed by atoms with E-state index >= 15 is 0 Å². The molecule has 2 unspecified atom stereocenters. The first-order valence-corrected chi connectivity index (χ1v) is 9.84. The van der Waals surface area contributed by atoms with Crippen LogP contribution in [0.1, 0.15) is 84.0 Å². The monoisotopic (exact) mass is 333 g/mol. The Hall–Kier alpha value is -0.350. The zero-order valence-electron chi connectivity index (χ0n) is 13.9. The Morgan fingerprint density at radius 3 is 1.91 bits per heavy atom. The van der Waals surface area contributed by atoms with Crippen molar-refractivity contribution in [1.82, 2.24) is 5.09 Å². The Bertz CT molecular complexity index is 300. The zero-order valence-corrected chi connectivity index (χ0v) is 14.8. The average Bonchev–Trinajstić information content (AvgIpc) is 2.49. The predicted molar refractivity (Wildman–Crippen MR) is 87.7 cm³/mol. The molecule has 0 rings (SSSR count). The molecule has 0 saturated heterocycles. The molecule has 130 valence electrons. The molecule has 22 heavy (non-hydrogen) atoms. The first-order valence-electron chi connectivity index (χ1n) is 8.66. The number of nitrogens with one attached hydrogen (secondary N) is 1. The molecule has 0 aromatic heterocycles. The van der Waals surface area contributed by atoms with Gasteiger partial charge in [0, 0.05) is 6.42 Å². The number of unbranched alkanes of at least 4 members (excludes halogenated alkanes) is 10. The van der Waals surface area contributed by atoms with Crippen LogP contribution in [0.4, 0.5) is 0 Å². The third kappa shape index (κ3) is 14.6. The highest BCUT2D eigenvalue weighted by Gasteiger charge is 2.16. The van der Waals surface area contributed by atoms with Crippen LogP contribution in [0.15, 0.2) is 0 Å². The molecule has 0 radical (unpaired) electrons. The summed E-state index contributed by atoms with van der Waals surface area (Å²) in [6.07, 6.45) is 12.5. The summed E-state index contributed by atoms with van der Waals surface area (Å²) in [4.78, 5) is 21.8. The summed E-state index contributed by atoms with van der Waals surface area (Å²) >= 11 is 0. The van der Waals surface area contributed by atoms with Gasteiger partial charge in [-0.3, -0.25) is 4.79 Å². The number of aliphatic hydroxyl groups excluding tert-OH is 1. The third-order valence-electron chi connectivity index (χ3n) is 3.81. The maximum absolute atomic E-state index is 11.5. The van der Waals surface area contributed by atoms with E-state index in [-0.39, 0.29) is 12.3 Å². The predicted octanol–water partition coefficient (Wildman–Crippen LogP) is 3.22. The molecule has 0 heterocycles. The van der Waals surface area contributed by atoms with Crippen LogP contribution in [0.25, 0.3) is 0 Å². The second-order valence-electron chi connectivity index (χ2n) is 5.89. The first-order chi connectivity index (χ1) is 10.6. The first kappa shape index (κ1) is 21.6.